The summed E-state index contributed by atoms with van der Waals surface area (Å²) in [5.41, 5.74) is 1.17. The van der Waals surface area contributed by atoms with Crippen molar-refractivity contribution in [2.75, 3.05) is 12.3 Å². The normalized spacial score (nSPS) is 14.4. The maximum absolute atomic E-state index is 6.24. The molecular formula is C15H23Cl2NS. The van der Waals surface area contributed by atoms with Gasteiger partial charge in [-0.1, -0.05) is 50.0 Å². The lowest BCUT2D eigenvalue weighted by Crippen LogP contribution is -2.33. The van der Waals surface area contributed by atoms with Gasteiger partial charge in [0.2, 0.25) is 0 Å². The first kappa shape index (κ1) is 17.2. The van der Waals surface area contributed by atoms with E-state index in [1.807, 2.05) is 30.0 Å². The van der Waals surface area contributed by atoms with Gasteiger partial charge in [-0.2, -0.15) is 11.8 Å². The van der Waals surface area contributed by atoms with Gasteiger partial charge in [-0.15, -0.1) is 0 Å². The van der Waals surface area contributed by atoms with Gasteiger partial charge in [0.25, 0.3) is 0 Å². The molecule has 4 heteroatoms. The zero-order valence-electron chi connectivity index (χ0n) is 11.9. The molecule has 0 aromatic heterocycles. The van der Waals surface area contributed by atoms with Gasteiger partial charge in [-0.05, 0) is 37.1 Å². The van der Waals surface area contributed by atoms with Crippen molar-refractivity contribution in [1.82, 2.24) is 5.32 Å². The lowest BCUT2D eigenvalue weighted by atomic mass is 10.1. The van der Waals surface area contributed by atoms with E-state index in [4.69, 9.17) is 23.2 Å². The van der Waals surface area contributed by atoms with Gasteiger partial charge in [0.15, 0.2) is 0 Å². The van der Waals surface area contributed by atoms with Gasteiger partial charge < -0.3 is 5.32 Å². The average molecular weight is 320 g/mol. The monoisotopic (exact) mass is 319 g/mol. The molecule has 19 heavy (non-hydrogen) atoms. The average Bonchev–Trinajstić information content (AvgIpc) is 2.38. The Kier molecular flexibility index (Phi) is 8.24. The summed E-state index contributed by atoms with van der Waals surface area (Å²) < 4.78 is 0. The number of thioether (sulfide) groups is 1. The second-order valence-electron chi connectivity index (χ2n) is 4.75. The van der Waals surface area contributed by atoms with E-state index in [1.165, 1.54) is 12.0 Å². The van der Waals surface area contributed by atoms with E-state index in [1.54, 1.807) is 0 Å². The summed E-state index contributed by atoms with van der Waals surface area (Å²) in [6.45, 7) is 7.64. The molecule has 0 bridgehead atoms. The van der Waals surface area contributed by atoms with E-state index < -0.39 is 0 Å². The first-order valence-corrected chi connectivity index (χ1v) is 8.66. The van der Waals surface area contributed by atoms with Crippen LogP contribution in [-0.4, -0.2) is 23.6 Å². The van der Waals surface area contributed by atoms with Crippen LogP contribution in [0, 0.1) is 0 Å². The minimum absolute atomic E-state index is 0.461. The predicted octanol–water partition coefficient (Wildman–Crippen LogP) is 5.05. The van der Waals surface area contributed by atoms with Gasteiger partial charge in [-0.25, -0.2) is 0 Å². The van der Waals surface area contributed by atoms with E-state index >= 15 is 0 Å². The summed E-state index contributed by atoms with van der Waals surface area (Å²) >= 11 is 14.2. The predicted molar refractivity (Wildman–Crippen MR) is 89.8 cm³/mol. The summed E-state index contributed by atoms with van der Waals surface area (Å²) in [5.74, 6) is 1.11. The molecule has 2 atom stereocenters. The molecule has 0 aliphatic heterocycles. The fourth-order valence-corrected chi connectivity index (χ4v) is 3.35. The summed E-state index contributed by atoms with van der Waals surface area (Å²) in [4.78, 5) is 0. The molecule has 0 radical (unpaired) electrons. The van der Waals surface area contributed by atoms with Gasteiger partial charge in [0.1, 0.15) is 0 Å². The van der Waals surface area contributed by atoms with Crippen LogP contribution in [0.1, 0.15) is 32.8 Å². The largest absolute Gasteiger partial charge is 0.313 e. The highest BCUT2D eigenvalue weighted by Crippen LogP contribution is 2.23. The summed E-state index contributed by atoms with van der Waals surface area (Å²) in [6.07, 6.45) is 2.17. The molecule has 0 spiro atoms. The Bertz CT molecular complexity index is 384. The molecule has 2 unspecified atom stereocenters. The van der Waals surface area contributed by atoms with Crippen molar-refractivity contribution in [2.24, 2.45) is 0 Å². The lowest BCUT2D eigenvalue weighted by Gasteiger charge is -2.20. The van der Waals surface area contributed by atoms with Crippen molar-refractivity contribution in [2.45, 2.75) is 44.9 Å². The first-order chi connectivity index (χ1) is 9.06. The minimum atomic E-state index is 0.461. The fraction of sp³-hybridized carbons (Fsp3) is 0.600. The molecule has 108 valence electrons. The van der Waals surface area contributed by atoms with Crippen molar-refractivity contribution in [3.8, 4) is 0 Å². The third-order valence-electron chi connectivity index (χ3n) is 3.13. The quantitative estimate of drug-likeness (QED) is 0.720. The molecule has 0 saturated heterocycles. The molecule has 0 amide bonds. The Morgan fingerprint density at radius 1 is 1.26 bits per heavy atom. The van der Waals surface area contributed by atoms with E-state index in [9.17, 15) is 0 Å². The maximum Gasteiger partial charge on any atom is 0.0453 e. The number of hydrogen-bond donors (Lipinski definition) is 1. The van der Waals surface area contributed by atoms with E-state index in [2.05, 4.69) is 26.1 Å². The van der Waals surface area contributed by atoms with Crippen LogP contribution in [0.4, 0.5) is 0 Å². The number of rotatable bonds is 8. The van der Waals surface area contributed by atoms with Crippen LogP contribution in [0.3, 0.4) is 0 Å². The smallest absolute Gasteiger partial charge is 0.0453 e. The Morgan fingerprint density at radius 2 is 2.00 bits per heavy atom. The maximum atomic E-state index is 6.24. The molecule has 1 N–H and O–H groups in total. The van der Waals surface area contributed by atoms with Gasteiger partial charge in [0.05, 0.1) is 0 Å². The second-order valence-corrected chi connectivity index (χ2v) is 7.06. The third kappa shape index (κ3) is 6.40. The van der Waals surface area contributed by atoms with Crippen molar-refractivity contribution in [3.63, 3.8) is 0 Å². The molecule has 1 nitrogen and oxygen atoms in total. The van der Waals surface area contributed by atoms with Gasteiger partial charge in [-0.3, -0.25) is 0 Å². The van der Waals surface area contributed by atoms with Crippen LogP contribution >= 0.6 is 35.0 Å². The number of hydrogen-bond acceptors (Lipinski definition) is 2. The van der Waals surface area contributed by atoms with Crippen molar-refractivity contribution in [3.05, 3.63) is 33.8 Å². The lowest BCUT2D eigenvalue weighted by molar-refractivity contribution is 0.572. The summed E-state index contributed by atoms with van der Waals surface area (Å²) in [6, 6.07) is 6.22. The Hall–Kier alpha value is 0.110. The summed E-state index contributed by atoms with van der Waals surface area (Å²) in [5, 5.41) is 5.71. The number of benzene rings is 1. The number of nitrogens with one attached hydrogen (secondary N) is 1. The van der Waals surface area contributed by atoms with Crippen LogP contribution in [-0.2, 0) is 6.42 Å². The molecule has 0 aliphatic carbocycles. The van der Waals surface area contributed by atoms with Crippen molar-refractivity contribution >= 4 is 35.0 Å². The van der Waals surface area contributed by atoms with Crippen LogP contribution in [0.5, 0.6) is 0 Å². The Labute approximate surface area is 131 Å². The van der Waals surface area contributed by atoms with Crippen molar-refractivity contribution < 1.29 is 0 Å². The molecular weight excluding hydrogens is 297 g/mol. The molecule has 0 fully saturated rings. The van der Waals surface area contributed by atoms with Gasteiger partial charge >= 0.3 is 0 Å². The summed E-state index contributed by atoms with van der Waals surface area (Å²) in [7, 11) is 0. The van der Waals surface area contributed by atoms with E-state index in [0.717, 1.165) is 23.7 Å². The number of likely N-dealkylation sites (N-methyl/N-ethyl adjacent to an activating group) is 1. The van der Waals surface area contributed by atoms with E-state index in [0.29, 0.717) is 16.3 Å². The van der Waals surface area contributed by atoms with Crippen LogP contribution in [0.15, 0.2) is 18.2 Å². The van der Waals surface area contributed by atoms with Crippen molar-refractivity contribution in [1.29, 1.82) is 0 Å². The van der Waals surface area contributed by atoms with Gasteiger partial charge in [0, 0.05) is 27.1 Å². The highest BCUT2D eigenvalue weighted by Gasteiger charge is 2.12. The number of halogens is 2. The molecule has 1 aromatic carbocycles. The second kappa shape index (κ2) is 9.12. The molecule has 0 aliphatic rings. The first-order valence-electron chi connectivity index (χ1n) is 6.85. The Morgan fingerprint density at radius 3 is 2.58 bits per heavy atom. The topological polar surface area (TPSA) is 12.0 Å². The SMILES string of the molecule is CCNC(CSC(C)CC)Cc1ccc(Cl)cc1Cl. The molecule has 1 aromatic rings. The highest BCUT2D eigenvalue weighted by molar-refractivity contribution is 7.99. The minimum Gasteiger partial charge on any atom is -0.313 e. The highest BCUT2D eigenvalue weighted by atomic mass is 35.5. The van der Waals surface area contributed by atoms with Crippen LogP contribution in [0.2, 0.25) is 10.0 Å². The molecule has 0 saturated carbocycles. The zero-order chi connectivity index (χ0) is 14.3. The Balaban J connectivity index is 2.61. The van der Waals surface area contributed by atoms with Crippen LogP contribution in [0.25, 0.3) is 0 Å². The zero-order valence-corrected chi connectivity index (χ0v) is 14.2. The fourth-order valence-electron chi connectivity index (χ4n) is 1.83. The van der Waals surface area contributed by atoms with E-state index in [-0.39, 0.29) is 0 Å². The molecule has 1 rings (SSSR count). The third-order valence-corrected chi connectivity index (χ3v) is 5.22. The standard InChI is InChI=1S/C15H23Cl2NS/c1-4-11(3)19-10-14(18-5-2)8-12-6-7-13(16)9-15(12)17/h6-7,9,11,14,18H,4-5,8,10H2,1-3H3. The molecule has 0 heterocycles. The van der Waals surface area contributed by atoms with Crippen LogP contribution < -0.4 is 5.32 Å².